The molecule has 0 aliphatic carbocycles. The molecule has 66 valence electrons. The number of carbonyl (C=O) groups excluding carboxylic acids is 1. The first-order valence-electron chi connectivity index (χ1n) is 3.95. The number of rotatable bonds is 1. The number of hydrogen-bond donors (Lipinski definition) is 0. The SMILES string of the molecule is C=O.C[Si](C)(C)c1ccccc1. The molecule has 1 aromatic carbocycles. The predicted octanol–water partition coefficient (Wildman–Crippen LogP) is 2.05. The summed E-state index contributed by atoms with van der Waals surface area (Å²) in [7, 11) is -1.03. The van der Waals surface area contributed by atoms with Crippen LogP contribution in [0.3, 0.4) is 0 Å². The van der Waals surface area contributed by atoms with Crippen molar-refractivity contribution in [2.75, 3.05) is 0 Å². The average Bonchev–Trinajstić information content (AvgIpc) is 2.08. The molecule has 12 heavy (non-hydrogen) atoms. The molecule has 0 aliphatic rings. The topological polar surface area (TPSA) is 17.1 Å². The first-order chi connectivity index (χ1) is 5.61. The normalized spacial score (nSPS) is 9.92. The Labute approximate surface area is 75.4 Å². The molecule has 0 N–H and O–H groups in total. The van der Waals surface area contributed by atoms with Crippen LogP contribution in [0.1, 0.15) is 0 Å². The molecule has 0 atom stereocenters. The Bertz CT molecular complexity index is 213. The van der Waals surface area contributed by atoms with E-state index in [-0.39, 0.29) is 0 Å². The molecule has 1 nitrogen and oxygen atoms in total. The van der Waals surface area contributed by atoms with Gasteiger partial charge in [0.05, 0.1) is 8.07 Å². The molecule has 0 radical (unpaired) electrons. The standard InChI is InChI=1S/C9H14Si.CH2O/c1-10(2,3)9-7-5-4-6-8-9;1-2/h4-8H,1-3H3;1H2. The van der Waals surface area contributed by atoms with Crippen molar-refractivity contribution in [1.82, 2.24) is 0 Å². The summed E-state index contributed by atoms with van der Waals surface area (Å²) in [5.41, 5.74) is 0. The second kappa shape index (κ2) is 4.88. The smallest absolute Gasteiger partial charge is 0.106 e. The molecule has 0 spiro atoms. The Hall–Kier alpha value is -0.893. The number of carbonyl (C=O) groups is 1. The van der Waals surface area contributed by atoms with Gasteiger partial charge in [-0.3, -0.25) is 0 Å². The number of benzene rings is 1. The van der Waals surface area contributed by atoms with Crippen LogP contribution in [0.25, 0.3) is 0 Å². The van der Waals surface area contributed by atoms with Crippen molar-refractivity contribution in [3.63, 3.8) is 0 Å². The summed E-state index contributed by atoms with van der Waals surface area (Å²) < 4.78 is 0. The summed E-state index contributed by atoms with van der Waals surface area (Å²) in [6.07, 6.45) is 0. The van der Waals surface area contributed by atoms with Crippen LogP contribution in [-0.4, -0.2) is 14.9 Å². The summed E-state index contributed by atoms with van der Waals surface area (Å²) in [6.45, 7) is 9.09. The van der Waals surface area contributed by atoms with E-state index in [2.05, 4.69) is 50.0 Å². The summed E-state index contributed by atoms with van der Waals surface area (Å²) in [4.78, 5) is 8.00. The summed E-state index contributed by atoms with van der Waals surface area (Å²) in [5, 5.41) is 1.54. The highest BCUT2D eigenvalue weighted by atomic mass is 28.3. The van der Waals surface area contributed by atoms with Gasteiger partial charge in [-0.05, 0) is 0 Å². The molecule has 0 aliphatic heterocycles. The van der Waals surface area contributed by atoms with E-state index < -0.39 is 8.07 Å². The van der Waals surface area contributed by atoms with Crippen molar-refractivity contribution in [2.24, 2.45) is 0 Å². The van der Waals surface area contributed by atoms with Gasteiger partial charge >= 0.3 is 0 Å². The first kappa shape index (κ1) is 11.1. The molecular weight excluding hydrogens is 164 g/mol. The van der Waals surface area contributed by atoms with Gasteiger partial charge in [0.1, 0.15) is 6.79 Å². The minimum atomic E-state index is -1.03. The van der Waals surface area contributed by atoms with Gasteiger partial charge in [0.2, 0.25) is 0 Å². The third-order valence-corrected chi connectivity index (χ3v) is 3.71. The molecule has 0 bridgehead atoms. The highest BCUT2D eigenvalue weighted by Gasteiger charge is 2.14. The summed E-state index contributed by atoms with van der Waals surface area (Å²) >= 11 is 0. The fourth-order valence-corrected chi connectivity index (χ4v) is 2.13. The lowest BCUT2D eigenvalue weighted by Crippen LogP contribution is -2.37. The summed E-state index contributed by atoms with van der Waals surface area (Å²) in [5.74, 6) is 0. The zero-order valence-electron chi connectivity index (χ0n) is 8.00. The molecule has 2 heteroatoms. The molecule has 0 aromatic heterocycles. The van der Waals surface area contributed by atoms with Gasteiger partial charge in [0.25, 0.3) is 0 Å². The maximum Gasteiger partial charge on any atom is 0.106 e. The molecule has 0 unspecified atom stereocenters. The zero-order chi connectivity index (χ0) is 9.61. The number of hydrogen-bond acceptors (Lipinski definition) is 1. The van der Waals surface area contributed by atoms with E-state index in [1.807, 2.05) is 6.79 Å². The van der Waals surface area contributed by atoms with Crippen molar-refractivity contribution in [3.05, 3.63) is 30.3 Å². The Morgan fingerprint density at radius 1 is 1.00 bits per heavy atom. The van der Waals surface area contributed by atoms with Crippen LogP contribution in [-0.2, 0) is 4.79 Å². The fraction of sp³-hybridized carbons (Fsp3) is 0.300. The Kier molecular flexibility index (Phi) is 4.52. The summed E-state index contributed by atoms with van der Waals surface area (Å²) in [6, 6.07) is 10.8. The van der Waals surface area contributed by atoms with Crippen LogP contribution in [0.4, 0.5) is 0 Å². The zero-order valence-corrected chi connectivity index (χ0v) is 9.00. The lowest BCUT2D eigenvalue weighted by atomic mass is 10.4. The Balaban J connectivity index is 0.000000561. The first-order valence-corrected chi connectivity index (χ1v) is 7.45. The molecule has 0 saturated heterocycles. The van der Waals surface area contributed by atoms with Gasteiger partial charge in [-0.1, -0.05) is 55.2 Å². The highest BCUT2D eigenvalue weighted by Crippen LogP contribution is 2.00. The quantitative estimate of drug-likeness (QED) is 0.605. The fourth-order valence-electron chi connectivity index (χ4n) is 0.938. The Morgan fingerprint density at radius 2 is 1.42 bits per heavy atom. The van der Waals surface area contributed by atoms with Crippen molar-refractivity contribution >= 4 is 20.0 Å². The second-order valence-electron chi connectivity index (χ2n) is 3.62. The second-order valence-corrected chi connectivity index (χ2v) is 8.69. The van der Waals surface area contributed by atoms with E-state index in [9.17, 15) is 0 Å². The highest BCUT2D eigenvalue weighted by molar-refractivity contribution is 6.88. The van der Waals surface area contributed by atoms with Crippen LogP contribution in [0, 0.1) is 0 Å². The van der Waals surface area contributed by atoms with Gasteiger partial charge in [0, 0.05) is 0 Å². The van der Waals surface area contributed by atoms with E-state index in [1.54, 1.807) is 0 Å². The lowest BCUT2D eigenvalue weighted by molar-refractivity contribution is -0.0979. The minimum Gasteiger partial charge on any atom is -0.307 e. The van der Waals surface area contributed by atoms with Crippen LogP contribution in [0.2, 0.25) is 19.6 Å². The third-order valence-electron chi connectivity index (χ3n) is 1.64. The molecular formula is C10H16OSi. The van der Waals surface area contributed by atoms with Crippen LogP contribution in [0.15, 0.2) is 30.3 Å². The van der Waals surface area contributed by atoms with Crippen molar-refractivity contribution in [1.29, 1.82) is 0 Å². The molecule has 0 heterocycles. The van der Waals surface area contributed by atoms with Gasteiger partial charge in [-0.2, -0.15) is 0 Å². The van der Waals surface area contributed by atoms with Gasteiger partial charge in [-0.15, -0.1) is 0 Å². The minimum absolute atomic E-state index is 1.03. The molecule has 1 rings (SSSR count). The average molecular weight is 180 g/mol. The van der Waals surface area contributed by atoms with Crippen molar-refractivity contribution in [3.8, 4) is 0 Å². The maximum atomic E-state index is 8.00. The maximum absolute atomic E-state index is 8.00. The van der Waals surface area contributed by atoms with E-state index in [1.165, 1.54) is 5.19 Å². The molecule has 0 amide bonds. The van der Waals surface area contributed by atoms with E-state index in [0.717, 1.165) is 0 Å². The van der Waals surface area contributed by atoms with Gasteiger partial charge in [-0.25, -0.2) is 0 Å². The van der Waals surface area contributed by atoms with Crippen molar-refractivity contribution < 1.29 is 4.79 Å². The predicted molar refractivity (Wildman–Crippen MR) is 56.5 cm³/mol. The van der Waals surface area contributed by atoms with Crippen LogP contribution >= 0.6 is 0 Å². The van der Waals surface area contributed by atoms with E-state index in [4.69, 9.17) is 4.79 Å². The van der Waals surface area contributed by atoms with E-state index in [0.29, 0.717) is 0 Å². The third kappa shape index (κ3) is 3.48. The van der Waals surface area contributed by atoms with Crippen molar-refractivity contribution in [2.45, 2.75) is 19.6 Å². The van der Waals surface area contributed by atoms with Crippen LogP contribution < -0.4 is 5.19 Å². The van der Waals surface area contributed by atoms with Gasteiger partial charge in [0.15, 0.2) is 0 Å². The molecule has 0 fully saturated rings. The van der Waals surface area contributed by atoms with Crippen LogP contribution in [0.5, 0.6) is 0 Å². The Morgan fingerprint density at radius 3 is 1.67 bits per heavy atom. The lowest BCUT2D eigenvalue weighted by Gasteiger charge is -2.15. The van der Waals surface area contributed by atoms with Gasteiger partial charge < -0.3 is 4.79 Å². The largest absolute Gasteiger partial charge is 0.307 e. The monoisotopic (exact) mass is 180 g/mol. The molecule has 1 aromatic rings. The van der Waals surface area contributed by atoms with E-state index >= 15 is 0 Å². The molecule has 0 saturated carbocycles.